The Labute approximate surface area is 93.2 Å². The van der Waals surface area contributed by atoms with Crippen molar-refractivity contribution in [1.29, 1.82) is 0 Å². The highest BCUT2D eigenvalue weighted by Crippen LogP contribution is 2.20. The van der Waals surface area contributed by atoms with Crippen LogP contribution in [0.2, 0.25) is 0 Å². The van der Waals surface area contributed by atoms with Crippen LogP contribution in [0.15, 0.2) is 0 Å². The Morgan fingerprint density at radius 2 is 1.93 bits per heavy atom. The molecule has 2 fully saturated rings. The molecule has 1 aliphatic carbocycles. The van der Waals surface area contributed by atoms with Gasteiger partial charge in [-0.2, -0.15) is 0 Å². The van der Waals surface area contributed by atoms with Crippen molar-refractivity contribution in [2.24, 2.45) is 5.92 Å². The van der Waals surface area contributed by atoms with Gasteiger partial charge in [-0.3, -0.25) is 4.90 Å². The van der Waals surface area contributed by atoms with Gasteiger partial charge in [-0.1, -0.05) is 13.8 Å². The molecule has 15 heavy (non-hydrogen) atoms. The minimum atomic E-state index is 0.689. The van der Waals surface area contributed by atoms with Crippen LogP contribution in [0, 0.1) is 5.92 Å². The predicted octanol–water partition coefficient (Wildman–Crippen LogP) is 1.10. The van der Waals surface area contributed by atoms with Gasteiger partial charge in [-0.05, 0) is 18.8 Å². The number of hydrogen-bond donors (Lipinski definition) is 1. The largest absolute Gasteiger partial charge is 0.379 e. The quantitative estimate of drug-likeness (QED) is 0.738. The Morgan fingerprint density at radius 3 is 2.47 bits per heavy atom. The van der Waals surface area contributed by atoms with Gasteiger partial charge in [0.15, 0.2) is 0 Å². The summed E-state index contributed by atoms with van der Waals surface area (Å²) in [6.07, 6.45) is 2.77. The molecule has 1 unspecified atom stereocenters. The number of nitrogens with zero attached hydrogens (tertiary/aromatic N) is 1. The lowest BCUT2D eigenvalue weighted by Crippen LogP contribution is -2.50. The van der Waals surface area contributed by atoms with Crippen LogP contribution in [0.1, 0.15) is 26.7 Å². The molecule has 2 rings (SSSR count). The number of nitrogens with one attached hydrogen (secondary N) is 1. The summed E-state index contributed by atoms with van der Waals surface area (Å²) in [4.78, 5) is 2.59. The van der Waals surface area contributed by atoms with Crippen molar-refractivity contribution >= 4 is 0 Å². The van der Waals surface area contributed by atoms with Gasteiger partial charge in [-0.15, -0.1) is 0 Å². The molecule has 1 N–H and O–H groups in total. The smallest absolute Gasteiger partial charge is 0.0594 e. The lowest BCUT2D eigenvalue weighted by Gasteiger charge is -2.37. The molecule has 1 saturated heterocycles. The number of ether oxygens (including phenoxy) is 1. The standard InChI is InChI=1S/C12H24N2O/c1-10(2)12(9-13-11-3-4-11)14-5-7-15-8-6-14/h10-13H,3-9H2,1-2H3. The molecule has 88 valence electrons. The molecule has 1 heterocycles. The van der Waals surface area contributed by atoms with E-state index in [0.29, 0.717) is 6.04 Å². The van der Waals surface area contributed by atoms with Crippen LogP contribution >= 0.6 is 0 Å². The van der Waals surface area contributed by atoms with Gasteiger partial charge in [-0.25, -0.2) is 0 Å². The fourth-order valence-corrected chi connectivity index (χ4v) is 2.27. The van der Waals surface area contributed by atoms with E-state index in [1.807, 2.05) is 0 Å². The predicted molar refractivity (Wildman–Crippen MR) is 62.0 cm³/mol. The minimum Gasteiger partial charge on any atom is -0.379 e. The molecule has 3 nitrogen and oxygen atoms in total. The molecule has 1 saturated carbocycles. The SMILES string of the molecule is CC(C)C(CNC1CC1)N1CCOCC1. The Kier molecular flexibility index (Phi) is 4.00. The average molecular weight is 212 g/mol. The molecule has 0 spiro atoms. The highest BCUT2D eigenvalue weighted by Gasteiger charge is 2.27. The molecule has 2 aliphatic rings. The number of rotatable bonds is 5. The van der Waals surface area contributed by atoms with Crippen LogP contribution < -0.4 is 5.32 Å². The zero-order valence-corrected chi connectivity index (χ0v) is 10.0. The van der Waals surface area contributed by atoms with E-state index in [2.05, 4.69) is 24.1 Å². The average Bonchev–Trinajstić information content (AvgIpc) is 3.03. The summed E-state index contributed by atoms with van der Waals surface area (Å²) >= 11 is 0. The van der Waals surface area contributed by atoms with E-state index in [4.69, 9.17) is 4.74 Å². The maximum absolute atomic E-state index is 5.41. The van der Waals surface area contributed by atoms with Gasteiger partial charge in [0, 0.05) is 31.7 Å². The second-order valence-corrected chi connectivity index (χ2v) is 5.14. The van der Waals surface area contributed by atoms with Gasteiger partial charge in [0.05, 0.1) is 13.2 Å². The first-order valence-electron chi connectivity index (χ1n) is 6.32. The molecule has 0 bridgehead atoms. The molecule has 0 aromatic carbocycles. The van der Waals surface area contributed by atoms with E-state index < -0.39 is 0 Å². The normalized spacial score (nSPS) is 25.8. The first-order valence-corrected chi connectivity index (χ1v) is 6.32. The van der Waals surface area contributed by atoms with Crippen molar-refractivity contribution in [3.05, 3.63) is 0 Å². The fourth-order valence-electron chi connectivity index (χ4n) is 2.27. The molecule has 0 amide bonds. The molecular weight excluding hydrogens is 188 g/mol. The monoisotopic (exact) mass is 212 g/mol. The third-order valence-corrected chi connectivity index (χ3v) is 3.48. The Balaban J connectivity index is 1.79. The van der Waals surface area contributed by atoms with Gasteiger partial charge in [0.1, 0.15) is 0 Å². The van der Waals surface area contributed by atoms with Crippen LogP contribution in [-0.4, -0.2) is 49.8 Å². The molecule has 0 aromatic rings. The highest BCUT2D eigenvalue weighted by molar-refractivity contribution is 4.85. The van der Waals surface area contributed by atoms with E-state index in [1.54, 1.807) is 0 Å². The Morgan fingerprint density at radius 1 is 1.27 bits per heavy atom. The molecule has 0 radical (unpaired) electrons. The van der Waals surface area contributed by atoms with Gasteiger partial charge in [0.25, 0.3) is 0 Å². The molecular formula is C12H24N2O. The van der Waals surface area contributed by atoms with Crippen molar-refractivity contribution in [2.75, 3.05) is 32.8 Å². The summed E-state index contributed by atoms with van der Waals surface area (Å²) in [5.74, 6) is 0.731. The van der Waals surface area contributed by atoms with Crippen molar-refractivity contribution in [3.8, 4) is 0 Å². The summed E-state index contributed by atoms with van der Waals surface area (Å²) in [5.41, 5.74) is 0. The molecule has 0 aromatic heterocycles. The lowest BCUT2D eigenvalue weighted by molar-refractivity contribution is 0.00648. The summed E-state index contributed by atoms with van der Waals surface area (Å²) in [6.45, 7) is 9.84. The van der Waals surface area contributed by atoms with Crippen LogP contribution in [0.3, 0.4) is 0 Å². The minimum absolute atomic E-state index is 0.689. The third-order valence-electron chi connectivity index (χ3n) is 3.48. The van der Waals surface area contributed by atoms with Crippen LogP contribution in [0.25, 0.3) is 0 Å². The zero-order valence-electron chi connectivity index (χ0n) is 10.0. The summed E-state index contributed by atoms with van der Waals surface area (Å²) in [5, 5.41) is 3.65. The Bertz CT molecular complexity index is 186. The summed E-state index contributed by atoms with van der Waals surface area (Å²) < 4.78 is 5.41. The number of hydrogen-bond acceptors (Lipinski definition) is 3. The van der Waals surface area contributed by atoms with Gasteiger partial charge < -0.3 is 10.1 Å². The van der Waals surface area contributed by atoms with Crippen LogP contribution in [-0.2, 0) is 4.74 Å². The maximum atomic E-state index is 5.41. The third kappa shape index (κ3) is 3.44. The summed E-state index contributed by atoms with van der Waals surface area (Å²) in [6, 6.07) is 1.52. The van der Waals surface area contributed by atoms with Crippen molar-refractivity contribution < 1.29 is 4.74 Å². The zero-order chi connectivity index (χ0) is 10.7. The maximum Gasteiger partial charge on any atom is 0.0594 e. The molecule has 1 atom stereocenters. The van der Waals surface area contributed by atoms with E-state index in [-0.39, 0.29) is 0 Å². The van der Waals surface area contributed by atoms with E-state index in [0.717, 1.165) is 44.8 Å². The van der Waals surface area contributed by atoms with Crippen LogP contribution in [0.4, 0.5) is 0 Å². The van der Waals surface area contributed by atoms with E-state index in [1.165, 1.54) is 12.8 Å². The molecule has 3 heteroatoms. The van der Waals surface area contributed by atoms with Crippen molar-refractivity contribution in [2.45, 2.75) is 38.8 Å². The lowest BCUT2D eigenvalue weighted by atomic mass is 10.0. The van der Waals surface area contributed by atoms with Crippen LogP contribution in [0.5, 0.6) is 0 Å². The fraction of sp³-hybridized carbons (Fsp3) is 1.00. The van der Waals surface area contributed by atoms with Crippen molar-refractivity contribution in [1.82, 2.24) is 10.2 Å². The van der Waals surface area contributed by atoms with E-state index >= 15 is 0 Å². The molecule has 1 aliphatic heterocycles. The first kappa shape index (κ1) is 11.4. The topological polar surface area (TPSA) is 24.5 Å². The second-order valence-electron chi connectivity index (χ2n) is 5.14. The first-order chi connectivity index (χ1) is 7.27. The summed E-state index contributed by atoms with van der Waals surface area (Å²) in [7, 11) is 0. The number of morpholine rings is 1. The van der Waals surface area contributed by atoms with Crippen molar-refractivity contribution in [3.63, 3.8) is 0 Å². The second kappa shape index (κ2) is 5.28. The van der Waals surface area contributed by atoms with Gasteiger partial charge in [0.2, 0.25) is 0 Å². The van der Waals surface area contributed by atoms with E-state index in [9.17, 15) is 0 Å². The Hall–Kier alpha value is -0.120. The highest BCUT2D eigenvalue weighted by atomic mass is 16.5. The van der Waals surface area contributed by atoms with Gasteiger partial charge >= 0.3 is 0 Å².